The van der Waals surface area contributed by atoms with Crippen molar-refractivity contribution in [3.8, 4) is 27.9 Å². The number of sulfone groups is 1. The SMILES string of the molecule is C=CS(=O)Oc1ccc(OC)c(N=Nc2c(S(=O)(=O)O)cc3cc(S(=O)(=O)O)c(N=Nc4ccc(S(=O)(=O)C#CCl)cc4)c(N)c3c2O)c1. The third-order valence-electron chi connectivity index (χ3n) is 6.18. The van der Waals surface area contributed by atoms with Crippen LogP contribution < -0.4 is 14.7 Å². The molecule has 4 aromatic carbocycles. The molecule has 0 saturated carbocycles. The molecule has 4 aromatic rings. The van der Waals surface area contributed by atoms with Crippen molar-refractivity contribution in [3.63, 3.8) is 0 Å². The lowest BCUT2D eigenvalue weighted by molar-refractivity contribution is 0.415. The molecule has 256 valence electrons. The Bertz CT molecular complexity index is 2500. The van der Waals surface area contributed by atoms with Gasteiger partial charge in [-0.2, -0.15) is 21.9 Å². The van der Waals surface area contributed by atoms with Crippen molar-refractivity contribution in [1.82, 2.24) is 0 Å². The quantitative estimate of drug-likeness (QED) is 0.0629. The summed E-state index contributed by atoms with van der Waals surface area (Å²) in [6, 6.07) is 9.89. The number of fused-ring (bicyclic) bond motifs is 1. The smallest absolute Gasteiger partial charge is 0.296 e. The highest BCUT2D eigenvalue weighted by atomic mass is 35.5. The molecule has 0 amide bonds. The van der Waals surface area contributed by atoms with E-state index in [9.17, 15) is 43.7 Å². The topological polar surface area (TPSA) is 274 Å². The van der Waals surface area contributed by atoms with E-state index in [0.717, 1.165) is 17.5 Å². The summed E-state index contributed by atoms with van der Waals surface area (Å²) in [6.45, 7) is 3.33. The van der Waals surface area contributed by atoms with Crippen LogP contribution in [-0.4, -0.2) is 50.8 Å². The van der Waals surface area contributed by atoms with Gasteiger partial charge in [0.2, 0.25) is 20.9 Å². The maximum absolute atomic E-state index is 12.4. The number of hydrogen-bond donors (Lipinski definition) is 4. The van der Waals surface area contributed by atoms with E-state index >= 15 is 0 Å². The van der Waals surface area contributed by atoms with E-state index in [1.54, 1.807) is 5.38 Å². The van der Waals surface area contributed by atoms with Crippen molar-refractivity contribution >= 4 is 92.0 Å². The van der Waals surface area contributed by atoms with Gasteiger partial charge >= 0.3 is 0 Å². The van der Waals surface area contributed by atoms with Crippen LogP contribution in [0.1, 0.15) is 0 Å². The van der Waals surface area contributed by atoms with E-state index in [1.807, 2.05) is 5.25 Å². The predicted molar refractivity (Wildman–Crippen MR) is 177 cm³/mol. The standard InChI is InChI=1S/C27H20ClN5O12S4/c1-3-46(35)45-17-6-9-20(44-2)19(14-17)31-33-26-22(49(41,42)43)13-15-12-21(48(38,39)40)25(24(29)23(15)27(26)34)32-30-16-4-7-18(8-5-16)47(36,37)11-10-28/h3-9,12-14,34H,1,29H2,2H3,(H,38,39,40)(H,41,42,43). The summed E-state index contributed by atoms with van der Waals surface area (Å²) in [4.78, 5) is -2.27. The molecule has 4 rings (SSSR count). The molecule has 1 atom stereocenters. The third kappa shape index (κ3) is 8.20. The van der Waals surface area contributed by atoms with Crippen molar-refractivity contribution < 1.29 is 52.6 Å². The molecule has 22 heteroatoms. The van der Waals surface area contributed by atoms with Gasteiger partial charge in [0.1, 0.15) is 38.4 Å². The predicted octanol–water partition coefficient (Wildman–Crippen LogP) is 5.58. The number of benzene rings is 4. The van der Waals surface area contributed by atoms with Crippen LogP contribution in [0.2, 0.25) is 0 Å². The van der Waals surface area contributed by atoms with E-state index in [-0.39, 0.29) is 27.8 Å². The van der Waals surface area contributed by atoms with Crippen molar-refractivity contribution in [2.45, 2.75) is 14.7 Å². The lowest BCUT2D eigenvalue weighted by atomic mass is 10.1. The molecule has 17 nitrogen and oxygen atoms in total. The zero-order valence-corrected chi connectivity index (χ0v) is 28.4. The van der Waals surface area contributed by atoms with Crippen LogP contribution in [-0.2, 0) is 41.2 Å². The molecule has 0 bridgehead atoms. The lowest BCUT2D eigenvalue weighted by Crippen LogP contribution is -2.03. The summed E-state index contributed by atoms with van der Waals surface area (Å²) < 4.78 is 116. The van der Waals surface area contributed by atoms with E-state index in [1.165, 1.54) is 37.4 Å². The second-order valence-corrected chi connectivity index (χ2v) is 14.9. The Morgan fingerprint density at radius 2 is 1.49 bits per heavy atom. The van der Waals surface area contributed by atoms with Gasteiger partial charge in [0, 0.05) is 22.1 Å². The summed E-state index contributed by atoms with van der Waals surface area (Å²) >= 11 is 3.25. The number of ether oxygens (including phenoxy) is 1. The van der Waals surface area contributed by atoms with Gasteiger partial charge in [-0.25, -0.2) is 12.6 Å². The highest BCUT2D eigenvalue weighted by Crippen LogP contribution is 2.48. The Morgan fingerprint density at radius 1 is 0.898 bits per heavy atom. The van der Waals surface area contributed by atoms with Crippen molar-refractivity contribution in [1.29, 1.82) is 0 Å². The van der Waals surface area contributed by atoms with Gasteiger partial charge in [-0.1, -0.05) is 6.58 Å². The first-order chi connectivity index (χ1) is 22.9. The molecule has 0 radical (unpaired) electrons. The molecular weight excluding hydrogens is 750 g/mol. The molecule has 49 heavy (non-hydrogen) atoms. The minimum absolute atomic E-state index is 0.00269. The van der Waals surface area contributed by atoms with Gasteiger partial charge in [-0.15, -0.1) is 15.3 Å². The van der Waals surface area contributed by atoms with E-state index in [4.69, 9.17) is 26.3 Å². The maximum atomic E-state index is 12.4. The summed E-state index contributed by atoms with van der Waals surface area (Å²) in [5.41, 5.74) is 3.80. The Kier molecular flexibility index (Phi) is 10.7. The first-order valence-corrected chi connectivity index (χ1v) is 18.6. The Labute approximate surface area is 285 Å². The second kappa shape index (κ2) is 14.3. The number of phenols is 1. The monoisotopic (exact) mass is 769 g/mol. The number of rotatable bonds is 11. The fraction of sp³-hybridized carbons (Fsp3) is 0.0370. The molecule has 0 fully saturated rings. The van der Waals surface area contributed by atoms with E-state index < -0.39 is 84.5 Å². The van der Waals surface area contributed by atoms with E-state index in [2.05, 4.69) is 27.0 Å². The fourth-order valence-corrected chi connectivity index (χ4v) is 6.75. The number of aromatic hydroxyl groups is 1. The molecule has 0 aliphatic carbocycles. The maximum Gasteiger partial charge on any atom is 0.296 e. The van der Waals surface area contributed by atoms with Gasteiger partial charge in [-0.05, 0) is 65.5 Å². The Balaban J connectivity index is 1.94. The molecule has 0 heterocycles. The van der Waals surface area contributed by atoms with Gasteiger partial charge < -0.3 is 19.8 Å². The number of anilines is 1. The number of nitrogens with zero attached hydrogens (tertiary/aromatic N) is 4. The van der Waals surface area contributed by atoms with Crippen molar-refractivity contribution in [2.24, 2.45) is 20.5 Å². The number of azo groups is 2. The summed E-state index contributed by atoms with van der Waals surface area (Å²) in [6.07, 6.45) is 0. The van der Waals surface area contributed by atoms with Crippen LogP contribution in [0.25, 0.3) is 10.8 Å². The molecule has 0 aliphatic rings. The van der Waals surface area contributed by atoms with Gasteiger partial charge in [0.15, 0.2) is 5.75 Å². The first kappa shape index (κ1) is 36.9. The number of phenolic OH excluding ortho intramolecular Hbond substituents is 1. The van der Waals surface area contributed by atoms with Gasteiger partial charge in [0.05, 0.1) is 28.8 Å². The van der Waals surface area contributed by atoms with Crippen molar-refractivity contribution in [3.05, 3.63) is 66.6 Å². The number of halogens is 1. The number of nitrogens with two attached hydrogens (primary N) is 1. The van der Waals surface area contributed by atoms with Crippen LogP contribution in [0.3, 0.4) is 0 Å². The van der Waals surface area contributed by atoms with Crippen LogP contribution >= 0.6 is 11.6 Å². The fourth-order valence-electron chi connectivity index (χ4n) is 4.05. The van der Waals surface area contributed by atoms with E-state index in [0.29, 0.717) is 12.1 Å². The largest absolute Gasteiger partial charge is 0.505 e. The minimum Gasteiger partial charge on any atom is -0.505 e. The summed E-state index contributed by atoms with van der Waals surface area (Å²) in [5.74, 6) is -0.964. The molecule has 0 aromatic heterocycles. The summed E-state index contributed by atoms with van der Waals surface area (Å²) in [7, 11) is -13.1. The highest BCUT2D eigenvalue weighted by Gasteiger charge is 2.28. The van der Waals surface area contributed by atoms with Gasteiger partial charge in [0.25, 0.3) is 20.2 Å². The van der Waals surface area contributed by atoms with Crippen LogP contribution in [0.15, 0.2) is 102 Å². The molecule has 1 unspecified atom stereocenters. The Hall–Kier alpha value is -4.95. The highest BCUT2D eigenvalue weighted by molar-refractivity contribution is 7.96. The average molecular weight is 770 g/mol. The Morgan fingerprint density at radius 3 is 2.04 bits per heavy atom. The molecule has 5 N–H and O–H groups in total. The number of methoxy groups -OCH3 is 1. The van der Waals surface area contributed by atoms with Crippen LogP contribution in [0.5, 0.6) is 17.2 Å². The number of hydrogen-bond acceptors (Lipinski definition) is 15. The molecule has 0 saturated heterocycles. The first-order valence-electron chi connectivity index (χ1n) is 12.7. The van der Waals surface area contributed by atoms with Gasteiger partial charge in [-0.3, -0.25) is 9.11 Å². The molecule has 0 spiro atoms. The average Bonchev–Trinajstić information content (AvgIpc) is 3.02. The molecule has 0 aliphatic heterocycles. The zero-order valence-electron chi connectivity index (χ0n) is 24.4. The number of nitrogen functional groups attached to an aromatic ring is 1. The second-order valence-electron chi connectivity index (χ2n) is 9.20. The lowest BCUT2D eigenvalue weighted by Gasteiger charge is -2.14. The van der Waals surface area contributed by atoms with Crippen molar-refractivity contribution in [2.75, 3.05) is 12.8 Å². The summed E-state index contributed by atoms with van der Waals surface area (Å²) in [5, 5.41) is 30.3. The normalized spacial score (nSPS) is 12.9. The third-order valence-corrected chi connectivity index (χ3v) is 10.0. The molecular formula is C27H20ClN5O12S4. The van der Waals surface area contributed by atoms with Crippen LogP contribution in [0.4, 0.5) is 28.4 Å². The van der Waals surface area contributed by atoms with Crippen LogP contribution in [0, 0.1) is 10.6 Å². The zero-order chi connectivity index (χ0) is 36.3. The minimum atomic E-state index is -5.20.